The first-order valence-corrected chi connectivity index (χ1v) is 13.3. The van der Waals surface area contributed by atoms with Gasteiger partial charge in [-0.05, 0) is 80.1 Å². The summed E-state index contributed by atoms with van der Waals surface area (Å²) < 4.78 is 6.03. The van der Waals surface area contributed by atoms with Crippen molar-refractivity contribution >= 4 is 17.4 Å². The number of hydrogen-bond donors (Lipinski definition) is 0. The quantitative estimate of drug-likeness (QED) is 0.586. The summed E-state index contributed by atoms with van der Waals surface area (Å²) in [5, 5.41) is 0. The van der Waals surface area contributed by atoms with Gasteiger partial charge in [0.25, 0.3) is 0 Å². The van der Waals surface area contributed by atoms with E-state index >= 15 is 0 Å². The number of allylic oxidation sites excluding steroid dienone is 2. The number of nitrogens with zero attached hydrogens (tertiary/aromatic N) is 5. The lowest BCUT2D eigenvalue weighted by atomic mass is 9.86. The first kappa shape index (κ1) is 23.8. The summed E-state index contributed by atoms with van der Waals surface area (Å²) in [6, 6.07) is 4.09. The molecule has 0 bridgehead atoms. The Labute approximate surface area is 208 Å². The standard InChI is InChI=1S/C28H37N5O2/c1-2-21-17-30-28(31-18-21)33-15-11-22(12-16-33)20-35-26-10-9-25(19-29-26)23-5-7-24(8-6-23)27(34)32-13-3-4-14-32/h5,9-10,17-19,22,24H,2-4,6-8,11-16,20H2,1H3. The number of ether oxygens (including phenoxy) is 1. The van der Waals surface area contributed by atoms with Crippen LogP contribution >= 0.6 is 0 Å². The molecule has 5 rings (SSSR count). The monoisotopic (exact) mass is 475 g/mol. The molecule has 186 valence electrons. The Hall–Kier alpha value is -2.96. The van der Waals surface area contributed by atoms with Gasteiger partial charge in [0.15, 0.2) is 0 Å². The van der Waals surface area contributed by atoms with Crippen LogP contribution in [0.3, 0.4) is 0 Å². The molecule has 7 nitrogen and oxygen atoms in total. The van der Waals surface area contributed by atoms with E-state index in [9.17, 15) is 4.79 Å². The van der Waals surface area contributed by atoms with Crippen LogP contribution in [0.1, 0.15) is 63.0 Å². The van der Waals surface area contributed by atoms with Crippen LogP contribution in [0, 0.1) is 11.8 Å². The normalized spacial score (nSPS) is 21.2. The van der Waals surface area contributed by atoms with Gasteiger partial charge >= 0.3 is 0 Å². The van der Waals surface area contributed by atoms with Crippen LogP contribution in [0.2, 0.25) is 0 Å². The summed E-state index contributed by atoms with van der Waals surface area (Å²) in [5.41, 5.74) is 3.62. The zero-order valence-electron chi connectivity index (χ0n) is 20.9. The molecule has 2 aromatic rings. The van der Waals surface area contributed by atoms with E-state index < -0.39 is 0 Å². The topological polar surface area (TPSA) is 71.5 Å². The molecular weight excluding hydrogens is 438 g/mol. The highest BCUT2D eigenvalue weighted by molar-refractivity contribution is 5.81. The first-order valence-electron chi connectivity index (χ1n) is 13.3. The second kappa shape index (κ2) is 11.2. The maximum atomic E-state index is 12.7. The average molecular weight is 476 g/mol. The molecule has 2 aromatic heterocycles. The number of amides is 1. The maximum absolute atomic E-state index is 12.7. The van der Waals surface area contributed by atoms with Gasteiger partial charge in [-0.25, -0.2) is 15.0 Å². The van der Waals surface area contributed by atoms with Crippen LogP contribution in [-0.2, 0) is 11.2 Å². The molecule has 2 fully saturated rings. The van der Waals surface area contributed by atoms with Crippen molar-refractivity contribution in [3.8, 4) is 5.88 Å². The van der Waals surface area contributed by atoms with E-state index in [0.29, 0.717) is 24.3 Å². The summed E-state index contributed by atoms with van der Waals surface area (Å²) in [5.74, 6) is 2.55. The fraction of sp³-hybridized carbons (Fsp3) is 0.571. The van der Waals surface area contributed by atoms with Gasteiger partial charge in [0.05, 0.1) is 6.61 Å². The molecule has 0 aromatic carbocycles. The van der Waals surface area contributed by atoms with E-state index in [2.05, 4.69) is 43.8 Å². The molecular formula is C28H37N5O2. The van der Waals surface area contributed by atoms with E-state index in [4.69, 9.17) is 4.74 Å². The minimum Gasteiger partial charge on any atom is -0.477 e. The Morgan fingerprint density at radius 1 is 1.00 bits per heavy atom. The van der Waals surface area contributed by atoms with Crippen molar-refractivity contribution in [2.24, 2.45) is 11.8 Å². The lowest BCUT2D eigenvalue weighted by molar-refractivity contribution is -0.134. The fourth-order valence-electron chi connectivity index (χ4n) is 5.37. The number of rotatable bonds is 7. The molecule has 1 aliphatic carbocycles. The number of carbonyl (C=O) groups is 1. The number of aromatic nitrogens is 3. The van der Waals surface area contributed by atoms with Gasteiger partial charge in [0, 0.05) is 56.8 Å². The molecule has 7 heteroatoms. The van der Waals surface area contributed by atoms with E-state index in [0.717, 1.165) is 89.1 Å². The van der Waals surface area contributed by atoms with Crippen molar-refractivity contribution in [2.75, 3.05) is 37.7 Å². The van der Waals surface area contributed by atoms with E-state index in [1.54, 1.807) is 0 Å². The third-order valence-electron chi connectivity index (χ3n) is 7.75. The molecule has 4 heterocycles. The van der Waals surface area contributed by atoms with E-state index in [-0.39, 0.29) is 5.92 Å². The van der Waals surface area contributed by atoms with Gasteiger partial charge in [0.2, 0.25) is 17.7 Å². The smallest absolute Gasteiger partial charge is 0.226 e. The molecule has 2 aliphatic heterocycles. The number of pyridine rings is 1. The number of anilines is 1. The molecule has 1 amide bonds. The second-order valence-corrected chi connectivity index (χ2v) is 10.1. The first-order chi connectivity index (χ1) is 17.2. The Bertz CT molecular complexity index is 1010. The minimum atomic E-state index is 0.154. The van der Waals surface area contributed by atoms with Crippen molar-refractivity contribution in [3.05, 3.63) is 47.9 Å². The number of hydrogen-bond acceptors (Lipinski definition) is 6. The lowest BCUT2D eigenvalue weighted by Crippen LogP contribution is -2.36. The second-order valence-electron chi connectivity index (χ2n) is 10.1. The van der Waals surface area contributed by atoms with Crippen LogP contribution < -0.4 is 9.64 Å². The minimum absolute atomic E-state index is 0.154. The highest BCUT2D eigenvalue weighted by atomic mass is 16.5. The molecule has 0 saturated carbocycles. The Morgan fingerprint density at radius 3 is 2.40 bits per heavy atom. The molecule has 3 aliphatic rings. The van der Waals surface area contributed by atoms with Crippen molar-refractivity contribution in [3.63, 3.8) is 0 Å². The number of carbonyl (C=O) groups excluding carboxylic acids is 1. The maximum Gasteiger partial charge on any atom is 0.226 e. The van der Waals surface area contributed by atoms with Gasteiger partial charge in [-0.15, -0.1) is 0 Å². The Morgan fingerprint density at radius 2 is 1.77 bits per heavy atom. The Kier molecular flexibility index (Phi) is 7.60. The molecule has 0 spiro atoms. The third-order valence-corrected chi connectivity index (χ3v) is 7.75. The predicted molar refractivity (Wildman–Crippen MR) is 137 cm³/mol. The summed E-state index contributed by atoms with van der Waals surface area (Å²) >= 11 is 0. The number of piperidine rings is 1. The Balaban J connectivity index is 1.07. The summed E-state index contributed by atoms with van der Waals surface area (Å²) in [6.45, 7) is 6.62. The fourth-order valence-corrected chi connectivity index (χ4v) is 5.37. The number of aryl methyl sites for hydroxylation is 1. The molecule has 35 heavy (non-hydrogen) atoms. The van der Waals surface area contributed by atoms with Crippen molar-refractivity contribution in [2.45, 2.75) is 58.3 Å². The van der Waals surface area contributed by atoms with Crippen LogP contribution in [0.5, 0.6) is 5.88 Å². The molecule has 2 saturated heterocycles. The van der Waals surface area contributed by atoms with Crippen LogP contribution in [0.15, 0.2) is 36.8 Å². The number of likely N-dealkylation sites (tertiary alicyclic amines) is 1. The molecule has 1 atom stereocenters. The van der Waals surface area contributed by atoms with E-state index in [1.165, 1.54) is 11.1 Å². The van der Waals surface area contributed by atoms with Gasteiger partial charge in [-0.1, -0.05) is 13.0 Å². The van der Waals surface area contributed by atoms with Gasteiger partial charge in [-0.3, -0.25) is 4.79 Å². The molecule has 1 unspecified atom stereocenters. The van der Waals surface area contributed by atoms with Gasteiger partial charge in [-0.2, -0.15) is 0 Å². The zero-order chi connectivity index (χ0) is 24.0. The largest absolute Gasteiger partial charge is 0.477 e. The zero-order valence-corrected chi connectivity index (χ0v) is 20.9. The SMILES string of the molecule is CCc1cnc(N2CCC(COc3ccc(C4=CCC(C(=O)N5CCCC5)CC4)cn3)CC2)nc1. The van der Waals surface area contributed by atoms with Crippen LogP contribution in [0.25, 0.3) is 5.57 Å². The highest BCUT2D eigenvalue weighted by Gasteiger charge is 2.28. The predicted octanol–water partition coefficient (Wildman–Crippen LogP) is 4.54. The molecule has 0 radical (unpaired) electrons. The van der Waals surface area contributed by atoms with Gasteiger partial charge in [0.1, 0.15) is 0 Å². The average Bonchev–Trinajstić information content (AvgIpc) is 3.48. The van der Waals surface area contributed by atoms with Gasteiger partial charge < -0.3 is 14.5 Å². The van der Waals surface area contributed by atoms with Crippen LogP contribution in [0.4, 0.5) is 5.95 Å². The van der Waals surface area contributed by atoms with Crippen molar-refractivity contribution < 1.29 is 9.53 Å². The van der Waals surface area contributed by atoms with Crippen LogP contribution in [-0.4, -0.2) is 58.5 Å². The summed E-state index contributed by atoms with van der Waals surface area (Å²) in [6.07, 6.45) is 16.2. The summed E-state index contributed by atoms with van der Waals surface area (Å²) in [7, 11) is 0. The molecule has 0 N–H and O–H groups in total. The van der Waals surface area contributed by atoms with Crippen molar-refractivity contribution in [1.82, 2.24) is 19.9 Å². The lowest BCUT2D eigenvalue weighted by Gasteiger charge is -2.31. The third kappa shape index (κ3) is 5.82. The highest BCUT2D eigenvalue weighted by Crippen LogP contribution is 2.32. The van der Waals surface area contributed by atoms with Crippen molar-refractivity contribution in [1.29, 1.82) is 0 Å². The van der Waals surface area contributed by atoms with E-state index in [1.807, 2.05) is 24.7 Å². The summed E-state index contributed by atoms with van der Waals surface area (Å²) in [4.78, 5) is 30.6.